The van der Waals surface area contributed by atoms with Crippen LogP contribution in [0.3, 0.4) is 0 Å². The number of methoxy groups -OCH3 is 1. The fourth-order valence-corrected chi connectivity index (χ4v) is 2.29. The summed E-state index contributed by atoms with van der Waals surface area (Å²) < 4.78 is 5.08. The SMILES string of the molecule is COc1ccc(CN(C(=O)N[C@@H](CC(=O)O)C(=O)O)C2CC2)cc1. The van der Waals surface area contributed by atoms with Gasteiger partial charge in [-0.25, -0.2) is 9.59 Å². The fourth-order valence-electron chi connectivity index (χ4n) is 2.29. The van der Waals surface area contributed by atoms with E-state index in [4.69, 9.17) is 14.9 Å². The third-order valence-corrected chi connectivity index (χ3v) is 3.74. The Morgan fingerprint density at radius 2 is 1.88 bits per heavy atom. The largest absolute Gasteiger partial charge is 0.497 e. The van der Waals surface area contributed by atoms with Crippen molar-refractivity contribution in [2.45, 2.75) is 37.9 Å². The van der Waals surface area contributed by atoms with Gasteiger partial charge < -0.3 is 25.2 Å². The molecule has 0 saturated heterocycles. The molecule has 2 amide bonds. The Morgan fingerprint density at radius 3 is 2.33 bits per heavy atom. The minimum absolute atomic E-state index is 0.0476. The predicted octanol–water partition coefficient (Wildman–Crippen LogP) is 1.30. The summed E-state index contributed by atoms with van der Waals surface area (Å²) >= 11 is 0. The summed E-state index contributed by atoms with van der Waals surface area (Å²) in [5, 5.41) is 20.1. The number of nitrogens with one attached hydrogen (secondary N) is 1. The van der Waals surface area contributed by atoms with Crippen LogP contribution in [0.4, 0.5) is 4.79 Å². The van der Waals surface area contributed by atoms with Gasteiger partial charge in [-0.05, 0) is 30.5 Å². The highest BCUT2D eigenvalue weighted by atomic mass is 16.5. The molecule has 130 valence electrons. The molecule has 0 bridgehead atoms. The first-order valence-corrected chi connectivity index (χ1v) is 7.55. The van der Waals surface area contributed by atoms with Gasteiger partial charge in [0, 0.05) is 12.6 Å². The number of nitrogens with zero attached hydrogens (tertiary/aromatic N) is 1. The molecule has 1 fully saturated rings. The number of carboxylic acids is 2. The number of urea groups is 1. The number of benzene rings is 1. The van der Waals surface area contributed by atoms with Gasteiger partial charge in [0.15, 0.2) is 0 Å². The Bertz CT molecular complexity index is 611. The van der Waals surface area contributed by atoms with E-state index in [0.717, 1.165) is 18.4 Å². The molecule has 0 heterocycles. The molecule has 0 unspecified atom stereocenters. The second-order valence-electron chi connectivity index (χ2n) is 5.65. The average molecular weight is 336 g/mol. The predicted molar refractivity (Wildman–Crippen MR) is 83.8 cm³/mol. The minimum Gasteiger partial charge on any atom is -0.497 e. The molecule has 1 atom stereocenters. The van der Waals surface area contributed by atoms with Crippen LogP contribution in [0.5, 0.6) is 5.75 Å². The van der Waals surface area contributed by atoms with Gasteiger partial charge in [-0.15, -0.1) is 0 Å². The number of hydrogen-bond acceptors (Lipinski definition) is 4. The topological polar surface area (TPSA) is 116 Å². The summed E-state index contributed by atoms with van der Waals surface area (Å²) in [6, 6.07) is 5.24. The lowest BCUT2D eigenvalue weighted by Crippen LogP contribution is -2.49. The summed E-state index contributed by atoms with van der Waals surface area (Å²) in [7, 11) is 1.56. The van der Waals surface area contributed by atoms with E-state index in [1.807, 2.05) is 12.1 Å². The van der Waals surface area contributed by atoms with Crippen molar-refractivity contribution in [1.82, 2.24) is 10.2 Å². The number of hydrogen-bond donors (Lipinski definition) is 3. The van der Waals surface area contributed by atoms with Crippen molar-refractivity contribution in [3.8, 4) is 5.75 Å². The molecule has 0 aromatic heterocycles. The molecule has 1 aromatic carbocycles. The van der Waals surface area contributed by atoms with E-state index >= 15 is 0 Å². The van der Waals surface area contributed by atoms with E-state index in [1.54, 1.807) is 24.1 Å². The molecular formula is C16H20N2O6. The summed E-state index contributed by atoms with van der Waals surface area (Å²) in [6.45, 7) is 0.319. The highest BCUT2D eigenvalue weighted by molar-refractivity contribution is 5.86. The van der Waals surface area contributed by atoms with Crippen molar-refractivity contribution in [3.05, 3.63) is 29.8 Å². The monoisotopic (exact) mass is 336 g/mol. The first kappa shape index (κ1) is 17.6. The maximum atomic E-state index is 12.4. The number of rotatable bonds is 8. The first-order valence-electron chi connectivity index (χ1n) is 7.55. The van der Waals surface area contributed by atoms with Crippen LogP contribution in [0.2, 0.25) is 0 Å². The summed E-state index contributed by atoms with van der Waals surface area (Å²) in [6.07, 6.45) is 1.03. The maximum absolute atomic E-state index is 12.4. The third-order valence-electron chi connectivity index (χ3n) is 3.74. The zero-order valence-electron chi connectivity index (χ0n) is 13.3. The Kier molecular flexibility index (Phi) is 5.62. The summed E-state index contributed by atoms with van der Waals surface area (Å²) in [5.74, 6) is -1.95. The average Bonchev–Trinajstić information content (AvgIpc) is 3.36. The summed E-state index contributed by atoms with van der Waals surface area (Å²) in [4.78, 5) is 35.7. The highest BCUT2D eigenvalue weighted by Gasteiger charge is 2.34. The van der Waals surface area contributed by atoms with Crippen LogP contribution in [0, 0.1) is 0 Å². The molecule has 0 aliphatic heterocycles. The van der Waals surface area contributed by atoms with Crippen LogP contribution >= 0.6 is 0 Å². The van der Waals surface area contributed by atoms with Crippen LogP contribution in [0.15, 0.2) is 24.3 Å². The highest BCUT2D eigenvalue weighted by Crippen LogP contribution is 2.28. The van der Waals surface area contributed by atoms with E-state index in [9.17, 15) is 14.4 Å². The van der Waals surface area contributed by atoms with Gasteiger partial charge in [-0.1, -0.05) is 12.1 Å². The van der Waals surface area contributed by atoms with Crippen LogP contribution in [0.1, 0.15) is 24.8 Å². The molecule has 1 saturated carbocycles. The quantitative estimate of drug-likeness (QED) is 0.659. The minimum atomic E-state index is -1.45. The third kappa shape index (κ3) is 4.87. The van der Waals surface area contributed by atoms with Crippen LogP contribution < -0.4 is 10.1 Å². The van der Waals surface area contributed by atoms with Crippen molar-refractivity contribution in [3.63, 3.8) is 0 Å². The molecular weight excluding hydrogens is 316 g/mol. The van der Waals surface area contributed by atoms with Crippen LogP contribution in [-0.4, -0.2) is 52.3 Å². The lowest BCUT2D eigenvalue weighted by Gasteiger charge is -2.25. The molecule has 0 spiro atoms. The molecule has 8 nitrogen and oxygen atoms in total. The Balaban J connectivity index is 2.04. The molecule has 0 radical (unpaired) electrons. The van der Waals surface area contributed by atoms with Gasteiger partial charge in [0.2, 0.25) is 0 Å². The summed E-state index contributed by atoms with van der Waals surface area (Å²) in [5.41, 5.74) is 0.878. The molecule has 24 heavy (non-hydrogen) atoms. The van der Waals surface area contributed by atoms with Gasteiger partial charge in [0.1, 0.15) is 11.8 Å². The van der Waals surface area contributed by atoms with Crippen molar-refractivity contribution < 1.29 is 29.3 Å². The molecule has 8 heteroatoms. The smallest absolute Gasteiger partial charge is 0.326 e. The normalized spacial score (nSPS) is 14.5. The van der Waals surface area contributed by atoms with E-state index in [0.29, 0.717) is 12.3 Å². The Labute approximate surface area is 139 Å². The lowest BCUT2D eigenvalue weighted by atomic mass is 10.2. The van der Waals surface area contributed by atoms with Gasteiger partial charge in [0.25, 0.3) is 0 Å². The number of carboxylic acid groups (broad SMARTS) is 2. The van der Waals surface area contributed by atoms with Crippen molar-refractivity contribution in [1.29, 1.82) is 0 Å². The molecule has 2 rings (SSSR count). The van der Waals surface area contributed by atoms with Crippen molar-refractivity contribution in [2.75, 3.05) is 7.11 Å². The van der Waals surface area contributed by atoms with Crippen molar-refractivity contribution >= 4 is 18.0 Å². The van der Waals surface area contributed by atoms with Gasteiger partial charge >= 0.3 is 18.0 Å². The van der Waals surface area contributed by atoms with Gasteiger partial charge in [0.05, 0.1) is 13.5 Å². The van der Waals surface area contributed by atoms with E-state index in [-0.39, 0.29) is 6.04 Å². The zero-order valence-corrected chi connectivity index (χ0v) is 13.3. The first-order chi connectivity index (χ1) is 11.4. The van der Waals surface area contributed by atoms with Gasteiger partial charge in [-0.2, -0.15) is 0 Å². The second-order valence-corrected chi connectivity index (χ2v) is 5.65. The lowest BCUT2D eigenvalue weighted by molar-refractivity contribution is -0.145. The zero-order chi connectivity index (χ0) is 17.7. The number of carbonyl (C=O) groups is 3. The molecule has 1 aliphatic carbocycles. The number of ether oxygens (including phenoxy) is 1. The Morgan fingerprint density at radius 1 is 1.25 bits per heavy atom. The number of carbonyl (C=O) groups excluding carboxylic acids is 1. The second kappa shape index (κ2) is 7.67. The number of amides is 2. The van der Waals surface area contributed by atoms with Crippen molar-refractivity contribution in [2.24, 2.45) is 0 Å². The fraction of sp³-hybridized carbons (Fsp3) is 0.438. The molecule has 1 aromatic rings. The van der Waals surface area contributed by atoms with E-state index < -0.39 is 30.4 Å². The van der Waals surface area contributed by atoms with E-state index in [2.05, 4.69) is 5.32 Å². The van der Waals surface area contributed by atoms with Gasteiger partial charge in [-0.3, -0.25) is 4.79 Å². The van der Waals surface area contributed by atoms with Crippen LogP contribution in [-0.2, 0) is 16.1 Å². The van der Waals surface area contributed by atoms with Crippen LogP contribution in [0.25, 0.3) is 0 Å². The Hall–Kier alpha value is -2.77. The van der Waals surface area contributed by atoms with E-state index in [1.165, 1.54) is 0 Å². The maximum Gasteiger partial charge on any atom is 0.326 e. The molecule has 1 aliphatic rings. The number of aliphatic carboxylic acids is 2. The molecule has 3 N–H and O–H groups in total. The standard InChI is InChI=1S/C16H20N2O6/c1-24-12-6-2-10(3-7-12)9-18(11-4-5-11)16(23)17-13(15(21)22)8-14(19)20/h2-3,6-7,11,13H,4-5,8-9H2,1H3,(H,17,23)(H,19,20)(H,21,22)/t13-/m0/s1.